The Labute approximate surface area is 193 Å². The molecule has 1 amide bonds. The zero-order valence-corrected chi connectivity index (χ0v) is 18.4. The van der Waals surface area contributed by atoms with Crippen molar-refractivity contribution in [1.82, 2.24) is 0 Å². The fourth-order valence-electron chi connectivity index (χ4n) is 3.30. The van der Waals surface area contributed by atoms with Crippen molar-refractivity contribution in [2.45, 2.75) is 0 Å². The number of halogens is 2. The van der Waals surface area contributed by atoms with Crippen molar-refractivity contribution in [1.29, 1.82) is 0 Å². The van der Waals surface area contributed by atoms with Gasteiger partial charge >= 0.3 is 5.63 Å². The minimum absolute atomic E-state index is 0.349. The first kappa shape index (κ1) is 21.7. The van der Waals surface area contributed by atoms with E-state index in [0.29, 0.717) is 43.8 Å². The molecule has 0 aliphatic rings. The van der Waals surface area contributed by atoms with Gasteiger partial charge in [-0.1, -0.05) is 53.5 Å². The van der Waals surface area contributed by atoms with Crippen molar-refractivity contribution in [3.63, 3.8) is 0 Å². The van der Waals surface area contributed by atoms with Gasteiger partial charge in [-0.15, -0.1) is 0 Å². The third kappa shape index (κ3) is 4.69. The topological polar surface area (TPSA) is 68.5 Å². The van der Waals surface area contributed by atoms with Crippen molar-refractivity contribution in [2.75, 3.05) is 12.4 Å². The third-order valence-electron chi connectivity index (χ3n) is 4.74. The van der Waals surface area contributed by atoms with E-state index in [1.165, 1.54) is 13.2 Å². The lowest BCUT2D eigenvalue weighted by Gasteiger charge is -2.08. The number of carbonyl (C=O) groups is 1. The van der Waals surface area contributed by atoms with Gasteiger partial charge < -0.3 is 14.5 Å². The Hall–Kier alpha value is -3.54. The molecule has 1 aromatic heterocycles. The molecule has 160 valence electrons. The number of nitrogens with one attached hydrogen (secondary N) is 1. The smallest absolute Gasteiger partial charge is 0.344 e. The summed E-state index contributed by atoms with van der Waals surface area (Å²) >= 11 is 12.2. The van der Waals surface area contributed by atoms with E-state index in [0.717, 1.165) is 5.39 Å². The summed E-state index contributed by atoms with van der Waals surface area (Å²) in [5.41, 5.74) is 2.22. The molecular formula is C25H17Cl2NO4. The molecule has 7 heteroatoms. The highest BCUT2D eigenvalue weighted by molar-refractivity contribution is 6.36. The van der Waals surface area contributed by atoms with Crippen LogP contribution in [0.2, 0.25) is 10.0 Å². The van der Waals surface area contributed by atoms with Crippen LogP contribution < -0.4 is 15.7 Å². The maximum absolute atomic E-state index is 12.5. The number of anilines is 1. The van der Waals surface area contributed by atoms with Gasteiger partial charge in [0.15, 0.2) is 0 Å². The lowest BCUT2D eigenvalue weighted by atomic mass is 10.1. The Balaban J connectivity index is 1.58. The summed E-state index contributed by atoms with van der Waals surface area (Å²) in [4.78, 5) is 24.9. The maximum atomic E-state index is 12.5. The van der Waals surface area contributed by atoms with Gasteiger partial charge in [0, 0.05) is 27.7 Å². The summed E-state index contributed by atoms with van der Waals surface area (Å²) in [6.45, 7) is 0. The molecular weight excluding hydrogens is 449 g/mol. The maximum Gasteiger partial charge on any atom is 0.344 e. The van der Waals surface area contributed by atoms with E-state index in [1.54, 1.807) is 54.6 Å². The van der Waals surface area contributed by atoms with E-state index in [1.807, 2.05) is 18.2 Å². The largest absolute Gasteiger partial charge is 0.495 e. The van der Waals surface area contributed by atoms with Crippen LogP contribution in [0.1, 0.15) is 5.56 Å². The third-order valence-corrected chi connectivity index (χ3v) is 5.24. The molecule has 0 aliphatic carbocycles. The quantitative estimate of drug-likeness (QED) is 0.272. The van der Waals surface area contributed by atoms with E-state index in [9.17, 15) is 9.59 Å². The second kappa shape index (κ2) is 9.30. The first-order chi connectivity index (χ1) is 15.4. The Morgan fingerprint density at radius 3 is 2.66 bits per heavy atom. The highest BCUT2D eigenvalue weighted by atomic mass is 35.5. The Kier molecular flexibility index (Phi) is 6.30. The molecule has 0 spiro atoms. The number of ether oxygens (including phenoxy) is 1. The van der Waals surface area contributed by atoms with Crippen LogP contribution in [-0.4, -0.2) is 13.0 Å². The van der Waals surface area contributed by atoms with Crippen LogP contribution >= 0.6 is 23.2 Å². The van der Waals surface area contributed by atoms with E-state index in [-0.39, 0.29) is 5.91 Å². The van der Waals surface area contributed by atoms with Gasteiger partial charge in [0.2, 0.25) is 5.91 Å². The number of fused-ring (bicyclic) bond motifs is 1. The minimum Gasteiger partial charge on any atom is -0.495 e. The SMILES string of the molecule is COc1c(Cl)cc(Cl)cc1/C=C/C(=O)Nc1cccc(-c2cc3ccccc3oc2=O)c1. The Morgan fingerprint density at radius 2 is 1.84 bits per heavy atom. The molecule has 4 aromatic rings. The first-order valence-corrected chi connectivity index (χ1v) is 10.4. The average molecular weight is 466 g/mol. The minimum atomic E-state index is -0.447. The molecule has 5 nitrogen and oxygen atoms in total. The predicted octanol–water partition coefficient (Wildman–Crippen LogP) is 6.43. The summed E-state index contributed by atoms with van der Waals surface area (Å²) in [6.07, 6.45) is 2.91. The molecule has 0 saturated carbocycles. The summed E-state index contributed by atoms with van der Waals surface area (Å²) in [7, 11) is 1.49. The number of hydrogen-bond donors (Lipinski definition) is 1. The van der Waals surface area contributed by atoms with Gasteiger partial charge in [0.05, 0.1) is 17.7 Å². The summed E-state index contributed by atoms with van der Waals surface area (Å²) in [5.74, 6) is 0.0518. The molecule has 4 rings (SSSR count). The van der Waals surface area contributed by atoms with Gasteiger partial charge in [-0.25, -0.2) is 4.79 Å². The molecule has 0 radical (unpaired) electrons. The highest BCUT2D eigenvalue weighted by Gasteiger charge is 2.10. The van der Waals surface area contributed by atoms with E-state index in [4.69, 9.17) is 32.4 Å². The van der Waals surface area contributed by atoms with Crippen molar-refractivity contribution in [3.8, 4) is 16.9 Å². The molecule has 0 saturated heterocycles. The monoisotopic (exact) mass is 465 g/mol. The van der Waals surface area contributed by atoms with Crippen LogP contribution in [0.4, 0.5) is 5.69 Å². The number of para-hydroxylation sites is 1. The first-order valence-electron chi connectivity index (χ1n) is 9.60. The fraction of sp³-hybridized carbons (Fsp3) is 0.0400. The van der Waals surface area contributed by atoms with E-state index in [2.05, 4.69) is 5.32 Å². The zero-order valence-electron chi connectivity index (χ0n) is 16.9. The number of rotatable bonds is 5. The van der Waals surface area contributed by atoms with Gasteiger partial charge in [-0.2, -0.15) is 0 Å². The van der Waals surface area contributed by atoms with Crippen LogP contribution in [0.25, 0.3) is 28.2 Å². The summed E-state index contributed by atoms with van der Waals surface area (Å²) in [6, 6.07) is 19.3. The number of methoxy groups -OCH3 is 1. The summed E-state index contributed by atoms with van der Waals surface area (Å²) < 4.78 is 10.7. The van der Waals surface area contributed by atoms with Crippen molar-refractivity contribution in [3.05, 3.63) is 98.8 Å². The highest BCUT2D eigenvalue weighted by Crippen LogP contribution is 2.33. The van der Waals surface area contributed by atoms with Crippen molar-refractivity contribution in [2.24, 2.45) is 0 Å². The average Bonchev–Trinajstić information content (AvgIpc) is 2.77. The second-order valence-electron chi connectivity index (χ2n) is 6.90. The van der Waals surface area contributed by atoms with Crippen LogP contribution in [0.3, 0.4) is 0 Å². The predicted molar refractivity (Wildman–Crippen MR) is 129 cm³/mol. The van der Waals surface area contributed by atoms with Crippen LogP contribution in [0, 0.1) is 0 Å². The zero-order chi connectivity index (χ0) is 22.7. The molecule has 1 heterocycles. The van der Waals surface area contributed by atoms with Gasteiger partial charge in [-0.05, 0) is 48.0 Å². The number of amides is 1. The lowest BCUT2D eigenvalue weighted by molar-refractivity contribution is -0.111. The van der Waals surface area contributed by atoms with Gasteiger partial charge in [0.1, 0.15) is 11.3 Å². The normalized spacial score (nSPS) is 11.1. The van der Waals surface area contributed by atoms with E-state index < -0.39 is 5.63 Å². The molecule has 0 unspecified atom stereocenters. The standard InChI is InChI=1S/C25H17Cl2NO4/c1-31-24-17(11-18(26)14-21(24)27)9-10-23(29)28-19-7-4-6-15(12-19)20-13-16-5-2-3-8-22(16)32-25(20)30/h2-14H,1H3,(H,28,29)/b10-9+. The molecule has 0 fully saturated rings. The second-order valence-corrected chi connectivity index (χ2v) is 7.74. The number of carbonyl (C=O) groups excluding carboxylic acids is 1. The van der Waals surface area contributed by atoms with Crippen molar-refractivity contribution >= 4 is 51.8 Å². The van der Waals surface area contributed by atoms with E-state index >= 15 is 0 Å². The van der Waals surface area contributed by atoms with Crippen LogP contribution in [-0.2, 0) is 4.79 Å². The molecule has 1 N–H and O–H groups in total. The molecule has 32 heavy (non-hydrogen) atoms. The number of benzene rings is 3. The summed E-state index contributed by atoms with van der Waals surface area (Å²) in [5, 5.41) is 4.37. The van der Waals surface area contributed by atoms with Crippen LogP contribution in [0.15, 0.2) is 82.0 Å². The molecule has 0 aliphatic heterocycles. The molecule has 0 atom stereocenters. The van der Waals surface area contributed by atoms with Gasteiger partial charge in [0.25, 0.3) is 0 Å². The lowest BCUT2D eigenvalue weighted by Crippen LogP contribution is -2.08. The Morgan fingerprint density at radius 1 is 1.03 bits per heavy atom. The molecule has 0 bridgehead atoms. The number of hydrogen-bond acceptors (Lipinski definition) is 4. The van der Waals surface area contributed by atoms with Crippen molar-refractivity contribution < 1.29 is 13.9 Å². The van der Waals surface area contributed by atoms with Crippen LogP contribution in [0.5, 0.6) is 5.75 Å². The Bertz CT molecular complexity index is 1410. The van der Waals surface area contributed by atoms with Gasteiger partial charge in [-0.3, -0.25) is 4.79 Å². The fourth-order valence-corrected chi connectivity index (χ4v) is 3.88. The molecule has 3 aromatic carbocycles.